The van der Waals surface area contributed by atoms with Crippen LogP contribution in [0.1, 0.15) is 24.8 Å². The van der Waals surface area contributed by atoms with E-state index in [0.717, 1.165) is 5.56 Å². The van der Waals surface area contributed by atoms with E-state index in [1.54, 1.807) is 36.0 Å². The molecule has 1 fully saturated rings. The Hall–Kier alpha value is -4.50. The molecule has 236 valence electrons. The fraction of sp³-hybridized carbons (Fsp3) is 0.414. The predicted molar refractivity (Wildman–Crippen MR) is 166 cm³/mol. The van der Waals surface area contributed by atoms with Gasteiger partial charge in [0.25, 0.3) is 5.69 Å². The maximum atomic E-state index is 13.1. The molecule has 15 heteroatoms. The molecule has 0 unspecified atom stereocenters. The van der Waals surface area contributed by atoms with Gasteiger partial charge in [0.15, 0.2) is 0 Å². The average Bonchev–Trinajstić information content (AvgIpc) is 3.52. The normalized spacial score (nSPS) is 15.5. The van der Waals surface area contributed by atoms with E-state index < -0.39 is 59.1 Å². The lowest BCUT2D eigenvalue weighted by atomic mass is 10.0. The predicted octanol–water partition coefficient (Wildman–Crippen LogP) is 0.565. The number of nitro groups is 1. The molecular formula is C29H37N7O7S. The van der Waals surface area contributed by atoms with Crippen LogP contribution in [0.2, 0.25) is 0 Å². The molecule has 1 saturated heterocycles. The Bertz CT molecular complexity index is 1330. The summed E-state index contributed by atoms with van der Waals surface area (Å²) in [5.74, 6) is -1.85. The standard InChI is InChI=1S/C29H37N7O7S/c1-44-15-13-22(30)27(39)32-18-26(38)35-14-5-8-24(35)29(41)31-17-25(37)34-23(16-19-6-3-2-4-7-19)28(40)33-20-9-11-21(12-10-20)36(42)43/h2-4,6-7,9-12,22-24H,5,8,13-18,30H2,1H3,(H,31,41)(H,32,39)(H,33,40)(H,34,37)/t22-,23-,24-/m0/s1. The van der Waals surface area contributed by atoms with Gasteiger partial charge in [-0.05, 0) is 49.0 Å². The van der Waals surface area contributed by atoms with E-state index in [1.807, 2.05) is 12.3 Å². The van der Waals surface area contributed by atoms with Gasteiger partial charge in [0.1, 0.15) is 12.1 Å². The Morgan fingerprint density at radius 1 is 1.02 bits per heavy atom. The van der Waals surface area contributed by atoms with Gasteiger partial charge in [0.2, 0.25) is 29.5 Å². The van der Waals surface area contributed by atoms with E-state index in [0.29, 0.717) is 37.2 Å². The second-order valence-electron chi connectivity index (χ2n) is 10.2. The lowest BCUT2D eigenvalue weighted by Crippen LogP contribution is -2.53. The minimum Gasteiger partial charge on any atom is -0.346 e. The van der Waals surface area contributed by atoms with Crippen LogP contribution in [0.25, 0.3) is 0 Å². The van der Waals surface area contributed by atoms with Crippen molar-refractivity contribution >= 4 is 52.7 Å². The zero-order valence-electron chi connectivity index (χ0n) is 24.3. The smallest absolute Gasteiger partial charge is 0.269 e. The number of nitrogens with two attached hydrogens (primary N) is 1. The molecule has 0 bridgehead atoms. The minimum absolute atomic E-state index is 0.133. The van der Waals surface area contributed by atoms with Crippen LogP contribution in [0.3, 0.4) is 0 Å². The molecule has 0 spiro atoms. The monoisotopic (exact) mass is 627 g/mol. The summed E-state index contributed by atoms with van der Waals surface area (Å²) >= 11 is 1.56. The van der Waals surface area contributed by atoms with E-state index in [1.165, 1.54) is 29.2 Å². The van der Waals surface area contributed by atoms with Gasteiger partial charge in [-0.25, -0.2) is 0 Å². The highest BCUT2D eigenvalue weighted by molar-refractivity contribution is 7.98. The molecule has 0 saturated carbocycles. The Morgan fingerprint density at radius 2 is 1.73 bits per heavy atom. The number of likely N-dealkylation sites (tertiary alicyclic amines) is 1. The molecule has 2 aromatic carbocycles. The number of carbonyl (C=O) groups is 5. The van der Waals surface area contributed by atoms with Crippen LogP contribution in [0.15, 0.2) is 54.6 Å². The number of carbonyl (C=O) groups excluding carboxylic acids is 5. The summed E-state index contributed by atoms with van der Waals surface area (Å²) in [4.78, 5) is 75.6. The van der Waals surface area contributed by atoms with Crippen molar-refractivity contribution in [1.82, 2.24) is 20.9 Å². The summed E-state index contributed by atoms with van der Waals surface area (Å²) in [5, 5.41) is 21.3. The van der Waals surface area contributed by atoms with Crippen LogP contribution in [-0.4, -0.2) is 89.1 Å². The van der Waals surface area contributed by atoms with Crippen molar-refractivity contribution in [3.8, 4) is 0 Å². The van der Waals surface area contributed by atoms with E-state index in [9.17, 15) is 34.1 Å². The van der Waals surface area contributed by atoms with Gasteiger partial charge in [0, 0.05) is 30.8 Å². The number of nitro benzene ring substituents is 1. The van der Waals surface area contributed by atoms with Crippen LogP contribution in [0.5, 0.6) is 0 Å². The third-order valence-corrected chi connectivity index (χ3v) is 7.61. The maximum absolute atomic E-state index is 13.1. The number of anilines is 1. The van der Waals surface area contributed by atoms with Gasteiger partial charge >= 0.3 is 0 Å². The quantitative estimate of drug-likeness (QED) is 0.138. The molecule has 0 radical (unpaired) electrons. The van der Waals surface area contributed by atoms with Gasteiger partial charge < -0.3 is 31.9 Å². The Morgan fingerprint density at radius 3 is 2.39 bits per heavy atom. The fourth-order valence-electron chi connectivity index (χ4n) is 4.59. The largest absolute Gasteiger partial charge is 0.346 e. The first kappa shape index (κ1) is 34.0. The van der Waals surface area contributed by atoms with Crippen molar-refractivity contribution in [1.29, 1.82) is 0 Å². The molecule has 44 heavy (non-hydrogen) atoms. The summed E-state index contributed by atoms with van der Waals surface area (Å²) in [6.07, 6.45) is 3.51. The number of thioether (sulfide) groups is 1. The fourth-order valence-corrected chi connectivity index (χ4v) is 5.08. The molecule has 1 heterocycles. The summed E-state index contributed by atoms with van der Waals surface area (Å²) in [6.45, 7) is -0.394. The molecule has 6 N–H and O–H groups in total. The first-order valence-electron chi connectivity index (χ1n) is 14.1. The van der Waals surface area contributed by atoms with E-state index in [-0.39, 0.29) is 18.7 Å². The molecular weight excluding hydrogens is 590 g/mol. The molecule has 1 aliphatic rings. The van der Waals surface area contributed by atoms with Gasteiger partial charge in [0.05, 0.1) is 24.1 Å². The van der Waals surface area contributed by atoms with Gasteiger partial charge in [-0.15, -0.1) is 0 Å². The number of hydrogen-bond acceptors (Lipinski definition) is 9. The summed E-state index contributed by atoms with van der Waals surface area (Å²) in [7, 11) is 0. The van der Waals surface area contributed by atoms with Crippen molar-refractivity contribution < 1.29 is 28.9 Å². The highest BCUT2D eigenvalue weighted by Gasteiger charge is 2.34. The van der Waals surface area contributed by atoms with Crippen LogP contribution in [-0.2, 0) is 30.4 Å². The first-order chi connectivity index (χ1) is 21.1. The van der Waals surface area contributed by atoms with Gasteiger partial charge in [-0.3, -0.25) is 34.1 Å². The summed E-state index contributed by atoms with van der Waals surface area (Å²) in [6, 6.07) is 11.7. The van der Waals surface area contributed by atoms with Crippen molar-refractivity contribution in [2.45, 2.75) is 43.8 Å². The van der Waals surface area contributed by atoms with Crippen LogP contribution in [0, 0.1) is 10.1 Å². The highest BCUT2D eigenvalue weighted by atomic mass is 32.2. The van der Waals surface area contributed by atoms with Crippen LogP contribution >= 0.6 is 11.8 Å². The second-order valence-corrected chi connectivity index (χ2v) is 11.2. The Kier molecular flexibility index (Phi) is 13.1. The van der Waals surface area contributed by atoms with Gasteiger partial charge in [-0.1, -0.05) is 30.3 Å². The summed E-state index contributed by atoms with van der Waals surface area (Å²) < 4.78 is 0. The number of amides is 5. The number of rotatable bonds is 15. The third kappa shape index (κ3) is 10.3. The number of hydrogen-bond donors (Lipinski definition) is 5. The maximum Gasteiger partial charge on any atom is 0.269 e. The first-order valence-corrected chi connectivity index (χ1v) is 15.5. The highest BCUT2D eigenvalue weighted by Crippen LogP contribution is 2.18. The zero-order valence-corrected chi connectivity index (χ0v) is 25.1. The Balaban J connectivity index is 1.55. The Labute approximate surface area is 259 Å². The van der Waals surface area contributed by atoms with Crippen molar-refractivity contribution in [3.63, 3.8) is 0 Å². The van der Waals surface area contributed by atoms with Crippen molar-refractivity contribution in [2.75, 3.05) is 37.0 Å². The van der Waals surface area contributed by atoms with Gasteiger partial charge in [-0.2, -0.15) is 11.8 Å². The summed E-state index contributed by atoms with van der Waals surface area (Å²) in [5.41, 5.74) is 6.79. The molecule has 1 aliphatic heterocycles. The number of nitrogens with one attached hydrogen (secondary N) is 4. The number of nitrogens with zero attached hydrogens (tertiary/aromatic N) is 2. The molecule has 3 atom stereocenters. The third-order valence-electron chi connectivity index (χ3n) is 6.96. The number of benzene rings is 2. The zero-order chi connectivity index (χ0) is 32.1. The van der Waals surface area contributed by atoms with Crippen molar-refractivity contribution in [2.24, 2.45) is 5.73 Å². The molecule has 0 aliphatic carbocycles. The van der Waals surface area contributed by atoms with Crippen LogP contribution in [0.4, 0.5) is 11.4 Å². The molecule has 3 rings (SSSR count). The minimum atomic E-state index is -1.02. The lowest BCUT2D eigenvalue weighted by molar-refractivity contribution is -0.384. The van der Waals surface area contributed by atoms with E-state index >= 15 is 0 Å². The molecule has 5 amide bonds. The average molecular weight is 628 g/mol. The number of non-ortho nitro benzene ring substituents is 1. The van der Waals surface area contributed by atoms with Crippen LogP contribution < -0.4 is 27.0 Å². The molecule has 0 aromatic heterocycles. The van der Waals surface area contributed by atoms with E-state index in [2.05, 4.69) is 21.3 Å². The van der Waals surface area contributed by atoms with E-state index in [4.69, 9.17) is 5.73 Å². The SMILES string of the molecule is CSCC[C@H](N)C(=O)NCC(=O)N1CCC[C@H]1C(=O)NCC(=O)N[C@@H](Cc1ccccc1)C(=O)Nc1ccc([N+](=O)[O-])cc1. The second kappa shape index (κ2) is 17.0. The molecule has 2 aromatic rings. The van der Waals surface area contributed by atoms with Crippen molar-refractivity contribution in [3.05, 3.63) is 70.3 Å². The molecule has 14 nitrogen and oxygen atoms in total. The lowest BCUT2D eigenvalue weighted by Gasteiger charge is -2.24. The topological polar surface area (TPSA) is 206 Å².